The predicted octanol–water partition coefficient (Wildman–Crippen LogP) is -1.24. The van der Waals surface area contributed by atoms with E-state index in [2.05, 4.69) is 26.3 Å². The zero-order valence-corrected chi connectivity index (χ0v) is 20.2. The number of hydrogen-bond donors (Lipinski definition) is 8. The third kappa shape index (κ3) is 6.59. The molecule has 0 aliphatic carbocycles. The number of aliphatic hydroxyl groups is 2. The minimum atomic E-state index is -1.52. The number of aliphatic hydroxyl groups excluding tert-OH is 2. The molecule has 0 spiro atoms. The lowest BCUT2D eigenvalue weighted by Crippen LogP contribution is -2.61. The van der Waals surface area contributed by atoms with Crippen molar-refractivity contribution in [1.82, 2.24) is 26.3 Å². The first-order chi connectivity index (χ1) is 17.1. The lowest BCUT2D eigenvalue weighted by Gasteiger charge is -2.27. The molecule has 0 saturated carbocycles. The summed E-state index contributed by atoms with van der Waals surface area (Å²) in [6, 6.07) is 2.58. The Labute approximate surface area is 207 Å². The molecule has 196 valence electrons. The smallest absolute Gasteiger partial charge is 0.326 e. The van der Waals surface area contributed by atoms with Gasteiger partial charge in [-0.2, -0.15) is 0 Å². The molecular weight excluding hydrogens is 470 g/mol. The van der Waals surface area contributed by atoms with Gasteiger partial charge in [-0.1, -0.05) is 18.2 Å². The quantitative estimate of drug-likeness (QED) is 0.187. The number of rotatable bonds is 11. The van der Waals surface area contributed by atoms with Gasteiger partial charge in [0, 0.05) is 23.5 Å². The van der Waals surface area contributed by atoms with E-state index in [-0.39, 0.29) is 6.42 Å². The fraction of sp³-hybridized carbons (Fsp3) is 0.500. The summed E-state index contributed by atoms with van der Waals surface area (Å²) in [5.41, 5.74) is 1.49. The molecule has 6 atom stereocenters. The molecule has 1 aliphatic heterocycles. The molecule has 3 amide bonds. The maximum absolute atomic E-state index is 12.9. The van der Waals surface area contributed by atoms with Crippen LogP contribution in [0.25, 0.3) is 10.9 Å². The lowest BCUT2D eigenvalue weighted by atomic mass is 10.0. The van der Waals surface area contributed by atoms with Crippen LogP contribution in [0.5, 0.6) is 0 Å². The Hall–Kier alpha value is -3.48. The fourth-order valence-electron chi connectivity index (χ4n) is 4.20. The number of aliphatic carboxylic acids is 1. The fourth-order valence-corrected chi connectivity index (χ4v) is 4.20. The number of benzene rings is 1. The van der Waals surface area contributed by atoms with E-state index in [0.717, 1.165) is 17.3 Å². The van der Waals surface area contributed by atoms with E-state index in [1.807, 2.05) is 24.3 Å². The monoisotopic (exact) mass is 503 g/mol. The molecule has 1 saturated heterocycles. The lowest BCUT2D eigenvalue weighted by molar-refractivity contribution is -0.143. The van der Waals surface area contributed by atoms with Crippen LogP contribution in [0.1, 0.15) is 32.3 Å². The normalized spacial score (nSPS) is 19.6. The molecule has 8 N–H and O–H groups in total. The van der Waals surface area contributed by atoms with E-state index in [9.17, 15) is 34.5 Å². The highest BCUT2D eigenvalue weighted by molar-refractivity contribution is 5.95. The molecule has 2 aromatic rings. The molecule has 1 aromatic heterocycles. The van der Waals surface area contributed by atoms with Crippen LogP contribution < -0.4 is 21.3 Å². The second-order valence-corrected chi connectivity index (χ2v) is 9.07. The van der Waals surface area contributed by atoms with E-state index in [0.29, 0.717) is 18.5 Å². The van der Waals surface area contributed by atoms with Crippen LogP contribution in [0, 0.1) is 0 Å². The average molecular weight is 504 g/mol. The Balaban J connectivity index is 1.69. The van der Waals surface area contributed by atoms with Crippen molar-refractivity contribution in [3.63, 3.8) is 0 Å². The van der Waals surface area contributed by atoms with Crippen molar-refractivity contribution in [2.24, 2.45) is 0 Å². The van der Waals surface area contributed by atoms with E-state index in [1.54, 1.807) is 6.20 Å². The average Bonchev–Trinajstić information content (AvgIpc) is 3.50. The first-order valence-electron chi connectivity index (χ1n) is 11.9. The number of fused-ring (bicyclic) bond motifs is 1. The standard InChI is InChI=1S/C24H33N5O7/c1-12(30)19(29-23(34)20(13(2)31)28-21(32)17-8-5-9-25-17)22(33)27-18(24(35)36)10-14-11-26-16-7-4-3-6-15(14)16/h3-4,6-7,11-13,17-20,25-26,30-31H,5,8-10H2,1-2H3,(H,27,33)(H,28,32)(H,29,34)(H,35,36). The van der Waals surface area contributed by atoms with Crippen molar-refractivity contribution in [3.8, 4) is 0 Å². The number of nitrogens with one attached hydrogen (secondary N) is 5. The van der Waals surface area contributed by atoms with Crippen molar-refractivity contribution in [2.75, 3.05) is 6.54 Å². The van der Waals surface area contributed by atoms with E-state index >= 15 is 0 Å². The van der Waals surface area contributed by atoms with Gasteiger partial charge in [0.05, 0.1) is 18.2 Å². The summed E-state index contributed by atoms with van der Waals surface area (Å²) in [6.07, 6.45) is 0.338. The summed E-state index contributed by atoms with van der Waals surface area (Å²) in [4.78, 5) is 53.2. The van der Waals surface area contributed by atoms with Crippen LogP contribution in [0.3, 0.4) is 0 Å². The van der Waals surface area contributed by atoms with Gasteiger partial charge < -0.3 is 41.6 Å². The zero-order chi connectivity index (χ0) is 26.4. The molecule has 1 aromatic carbocycles. The van der Waals surface area contributed by atoms with Gasteiger partial charge >= 0.3 is 5.97 Å². The van der Waals surface area contributed by atoms with Crippen molar-refractivity contribution < 1.29 is 34.5 Å². The van der Waals surface area contributed by atoms with Crippen LogP contribution >= 0.6 is 0 Å². The summed E-state index contributed by atoms with van der Waals surface area (Å²) in [5, 5.41) is 40.9. The minimum absolute atomic E-state index is 0.0354. The van der Waals surface area contributed by atoms with Gasteiger partial charge in [-0.15, -0.1) is 0 Å². The molecule has 0 bridgehead atoms. The highest BCUT2D eigenvalue weighted by Crippen LogP contribution is 2.19. The zero-order valence-electron chi connectivity index (χ0n) is 20.2. The van der Waals surface area contributed by atoms with Gasteiger partial charge in [0.15, 0.2) is 0 Å². The maximum Gasteiger partial charge on any atom is 0.326 e. The highest BCUT2D eigenvalue weighted by atomic mass is 16.4. The molecule has 0 radical (unpaired) electrons. The Bertz CT molecular complexity index is 1090. The largest absolute Gasteiger partial charge is 0.480 e. The molecule has 36 heavy (non-hydrogen) atoms. The van der Waals surface area contributed by atoms with Crippen LogP contribution in [0.4, 0.5) is 0 Å². The first kappa shape index (κ1) is 27.1. The van der Waals surface area contributed by atoms with Crippen molar-refractivity contribution >= 4 is 34.6 Å². The van der Waals surface area contributed by atoms with Gasteiger partial charge in [0.1, 0.15) is 18.1 Å². The SMILES string of the molecule is CC(O)C(NC(=O)C1CCCN1)C(=O)NC(C(=O)NC(Cc1c[nH]c2ccccc12)C(=O)O)C(C)O. The number of hydrogen-bond acceptors (Lipinski definition) is 7. The minimum Gasteiger partial charge on any atom is -0.480 e. The molecule has 2 heterocycles. The van der Waals surface area contributed by atoms with Crippen LogP contribution in [-0.4, -0.2) is 86.9 Å². The number of aromatic amines is 1. The molecular formula is C24H33N5O7. The summed E-state index contributed by atoms with van der Waals surface area (Å²) in [6.45, 7) is 3.24. The number of aromatic nitrogens is 1. The number of carbonyl (C=O) groups is 4. The molecule has 6 unspecified atom stereocenters. The van der Waals surface area contributed by atoms with Crippen molar-refractivity contribution in [3.05, 3.63) is 36.0 Å². The molecule has 12 heteroatoms. The number of amides is 3. The predicted molar refractivity (Wildman–Crippen MR) is 130 cm³/mol. The van der Waals surface area contributed by atoms with E-state index in [4.69, 9.17) is 0 Å². The van der Waals surface area contributed by atoms with Crippen molar-refractivity contribution in [1.29, 1.82) is 0 Å². The summed E-state index contributed by atoms with van der Waals surface area (Å²) in [7, 11) is 0. The number of carboxylic acid groups (broad SMARTS) is 1. The Kier molecular flexibility index (Phi) is 9.02. The number of H-pyrrole nitrogens is 1. The molecule has 1 aliphatic rings. The van der Waals surface area contributed by atoms with Gasteiger partial charge in [-0.25, -0.2) is 4.79 Å². The van der Waals surface area contributed by atoms with Crippen LogP contribution in [0.15, 0.2) is 30.5 Å². The highest BCUT2D eigenvalue weighted by Gasteiger charge is 2.35. The second-order valence-electron chi connectivity index (χ2n) is 9.07. The topological polar surface area (TPSA) is 193 Å². The van der Waals surface area contributed by atoms with Gasteiger partial charge in [-0.05, 0) is 44.9 Å². The van der Waals surface area contributed by atoms with E-state index in [1.165, 1.54) is 13.8 Å². The van der Waals surface area contributed by atoms with Gasteiger partial charge in [-0.3, -0.25) is 14.4 Å². The summed E-state index contributed by atoms with van der Waals surface area (Å²) in [5.74, 6) is -3.56. The van der Waals surface area contributed by atoms with Gasteiger partial charge in [0.25, 0.3) is 0 Å². The second kappa shape index (κ2) is 12.0. The van der Waals surface area contributed by atoms with E-state index < -0.39 is 60.1 Å². The molecule has 12 nitrogen and oxygen atoms in total. The van der Waals surface area contributed by atoms with Gasteiger partial charge in [0.2, 0.25) is 17.7 Å². The summed E-state index contributed by atoms with van der Waals surface area (Å²) < 4.78 is 0. The molecule has 3 rings (SSSR count). The Morgan fingerprint density at radius 2 is 1.64 bits per heavy atom. The maximum atomic E-state index is 12.9. The third-order valence-corrected chi connectivity index (χ3v) is 6.22. The van der Waals surface area contributed by atoms with Crippen LogP contribution in [0.2, 0.25) is 0 Å². The van der Waals surface area contributed by atoms with Crippen LogP contribution in [-0.2, 0) is 25.6 Å². The summed E-state index contributed by atoms with van der Waals surface area (Å²) >= 11 is 0. The Morgan fingerprint density at radius 1 is 1.00 bits per heavy atom. The number of carboxylic acids is 1. The molecule has 1 fully saturated rings. The third-order valence-electron chi connectivity index (χ3n) is 6.22. The number of para-hydroxylation sites is 1. The first-order valence-corrected chi connectivity index (χ1v) is 11.9. The number of carbonyl (C=O) groups excluding carboxylic acids is 3. The Morgan fingerprint density at radius 3 is 2.25 bits per heavy atom. The van der Waals surface area contributed by atoms with Crippen molar-refractivity contribution in [2.45, 2.75) is 69.5 Å².